The van der Waals surface area contributed by atoms with Gasteiger partial charge in [-0.25, -0.2) is 0 Å². The van der Waals surface area contributed by atoms with Crippen molar-refractivity contribution in [3.05, 3.63) is 54.1 Å². The molecule has 2 heteroatoms. The Bertz CT molecular complexity index is 570. The molecule has 0 N–H and O–H groups in total. The first-order valence-corrected chi connectivity index (χ1v) is 5.41. The van der Waals surface area contributed by atoms with Crippen LogP contribution in [0.1, 0.15) is 12.5 Å². The quantitative estimate of drug-likeness (QED) is 0.563. The second-order valence-electron chi connectivity index (χ2n) is 3.69. The second-order valence-corrected chi connectivity index (χ2v) is 4.07. The third kappa shape index (κ3) is 2.31. The molecule has 0 saturated carbocycles. The van der Waals surface area contributed by atoms with Crippen LogP contribution in [-0.2, 0) is 4.79 Å². The summed E-state index contributed by atoms with van der Waals surface area (Å²) < 4.78 is 0. The van der Waals surface area contributed by atoms with Gasteiger partial charge in [-0.3, -0.25) is 4.79 Å². The summed E-state index contributed by atoms with van der Waals surface area (Å²) in [6.07, 6.45) is 1.44. The molecule has 2 rings (SSSR count). The first-order valence-electron chi connectivity index (χ1n) is 5.04. The van der Waals surface area contributed by atoms with Gasteiger partial charge in [0.05, 0.1) is 0 Å². The molecule has 80 valence electrons. The Kier molecular flexibility index (Phi) is 3.07. The van der Waals surface area contributed by atoms with Crippen molar-refractivity contribution in [2.24, 2.45) is 0 Å². The van der Waals surface area contributed by atoms with E-state index in [0.29, 0.717) is 0 Å². The number of benzene rings is 2. The van der Waals surface area contributed by atoms with Gasteiger partial charge in [0.1, 0.15) is 0 Å². The number of hydrogen-bond acceptors (Lipinski definition) is 1. The number of carbonyl (C=O) groups excluding carboxylic acids is 1. The fourth-order valence-electron chi connectivity index (χ4n) is 1.69. The fraction of sp³-hybridized carbons (Fsp3) is 0.0714. The minimum Gasteiger partial charge on any atom is -0.276 e. The van der Waals surface area contributed by atoms with E-state index in [0.717, 1.165) is 16.5 Å². The highest BCUT2D eigenvalue weighted by molar-refractivity contribution is 6.67. The molecule has 0 amide bonds. The van der Waals surface area contributed by atoms with Crippen LogP contribution < -0.4 is 0 Å². The summed E-state index contributed by atoms with van der Waals surface area (Å²) in [5.41, 5.74) is 1.90. The van der Waals surface area contributed by atoms with Gasteiger partial charge in [0.25, 0.3) is 0 Å². The minimum absolute atomic E-state index is 0.439. The van der Waals surface area contributed by atoms with Crippen LogP contribution in [-0.4, -0.2) is 5.24 Å². The maximum atomic E-state index is 10.8. The highest BCUT2D eigenvalue weighted by Crippen LogP contribution is 2.20. The molecule has 0 atom stereocenters. The van der Waals surface area contributed by atoms with Crippen LogP contribution in [0, 0.1) is 0 Å². The Morgan fingerprint density at radius 1 is 1.12 bits per heavy atom. The van der Waals surface area contributed by atoms with E-state index in [1.54, 1.807) is 0 Å². The Labute approximate surface area is 99.3 Å². The van der Waals surface area contributed by atoms with Gasteiger partial charge >= 0.3 is 0 Å². The maximum absolute atomic E-state index is 10.8. The summed E-state index contributed by atoms with van der Waals surface area (Å²) in [4.78, 5) is 10.8. The van der Waals surface area contributed by atoms with Crippen molar-refractivity contribution in [3.63, 3.8) is 0 Å². The van der Waals surface area contributed by atoms with Gasteiger partial charge in [-0.2, -0.15) is 0 Å². The maximum Gasteiger partial charge on any atom is 0.245 e. The average molecular weight is 231 g/mol. The highest BCUT2D eigenvalue weighted by atomic mass is 35.5. The zero-order chi connectivity index (χ0) is 11.5. The number of fused-ring (bicyclic) bond motifs is 1. The molecule has 2 aromatic rings. The fourth-order valence-corrected chi connectivity index (χ4v) is 1.85. The summed E-state index contributed by atoms with van der Waals surface area (Å²) in [6, 6.07) is 14.2. The van der Waals surface area contributed by atoms with Crippen molar-refractivity contribution in [1.82, 2.24) is 0 Å². The van der Waals surface area contributed by atoms with Crippen molar-refractivity contribution in [1.29, 1.82) is 0 Å². The van der Waals surface area contributed by atoms with Gasteiger partial charge in [-0.05, 0) is 46.5 Å². The molecule has 0 saturated heterocycles. The lowest BCUT2D eigenvalue weighted by Gasteiger charge is -2.03. The molecule has 0 unspecified atom stereocenters. The van der Waals surface area contributed by atoms with Gasteiger partial charge in [-0.1, -0.05) is 36.4 Å². The molecule has 0 aromatic heterocycles. The number of hydrogen-bond donors (Lipinski definition) is 0. The molecular formula is C14H11ClO. The van der Waals surface area contributed by atoms with E-state index in [-0.39, 0.29) is 0 Å². The van der Waals surface area contributed by atoms with Gasteiger partial charge < -0.3 is 0 Å². The van der Waals surface area contributed by atoms with Crippen LogP contribution in [0.25, 0.3) is 16.3 Å². The molecular weight excluding hydrogens is 220 g/mol. The zero-order valence-electron chi connectivity index (χ0n) is 8.91. The lowest BCUT2D eigenvalue weighted by molar-refractivity contribution is -0.107. The number of carbonyl (C=O) groups is 1. The van der Waals surface area contributed by atoms with E-state index in [1.165, 1.54) is 11.5 Å². The van der Waals surface area contributed by atoms with Crippen LogP contribution >= 0.6 is 11.6 Å². The molecule has 0 bridgehead atoms. The Balaban J connectivity index is 2.51. The topological polar surface area (TPSA) is 17.1 Å². The van der Waals surface area contributed by atoms with Gasteiger partial charge in [-0.15, -0.1) is 0 Å². The number of halogens is 1. The highest BCUT2D eigenvalue weighted by Gasteiger charge is 1.99. The van der Waals surface area contributed by atoms with Crippen LogP contribution in [0.15, 0.2) is 48.5 Å². The molecule has 0 fully saturated rings. The molecule has 0 aliphatic carbocycles. The first-order chi connectivity index (χ1) is 7.66. The van der Waals surface area contributed by atoms with Gasteiger partial charge in [0.2, 0.25) is 5.24 Å². The first kappa shape index (κ1) is 10.9. The third-order valence-electron chi connectivity index (χ3n) is 2.53. The average Bonchev–Trinajstić information content (AvgIpc) is 2.27. The van der Waals surface area contributed by atoms with Crippen LogP contribution in [0.4, 0.5) is 0 Å². The molecule has 0 aliphatic heterocycles. The van der Waals surface area contributed by atoms with Crippen molar-refractivity contribution in [2.45, 2.75) is 6.92 Å². The monoisotopic (exact) mass is 230 g/mol. The normalized spacial score (nSPS) is 11.8. The predicted molar refractivity (Wildman–Crippen MR) is 68.5 cm³/mol. The molecule has 1 nitrogen and oxygen atoms in total. The van der Waals surface area contributed by atoms with Crippen LogP contribution in [0.5, 0.6) is 0 Å². The Hall–Kier alpha value is -1.60. The van der Waals surface area contributed by atoms with Gasteiger partial charge in [0, 0.05) is 6.08 Å². The van der Waals surface area contributed by atoms with Crippen molar-refractivity contribution < 1.29 is 4.79 Å². The van der Waals surface area contributed by atoms with Crippen LogP contribution in [0.2, 0.25) is 0 Å². The number of allylic oxidation sites excluding steroid dienone is 2. The van der Waals surface area contributed by atoms with E-state index < -0.39 is 5.24 Å². The van der Waals surface area contributed by atoms with Gasteiger partial charge in [0.15, 0.2) is 0 Å². The van der Waals surface area contributed by atoms with E-state index in [9.17, 15) is 4.79 Å². The molecule has 0 spiro atoms. The zero-order valence-corrected chi connectivity index (χ0v) is 9.66. The van der Waals surface area contributed by atoms with E-state index in [2.05, 4.69) is 18.2 Å². The Morgan fingerprint density at radius 3 is 2.50 bits per heavy atom. The van der Waals surface area contributed by atoms with Crippen molar-refractivity contribution >= 4 is 33.2 Å². The SMILES string of the molecule is C/C(=C/C(=O)Cl)c1ccc2ccccc2c1. The summed E-state index contributed by atoms with van der Waals surface area (Å²) in [6.45, 7) is 1.88. The second kappa shape index (κ2) is 4.50. The molecule has 0 aliphatic rings. The van der Waals surface area contributed by atoms with E-state index in [1.807, 2.05) is 31.2 Å². The smallest absolute Gasteiger partial charge is 0.245 e. The molecule has 2 aromatic carbocycles. The summed E-state index contributed by atoms with van der Waals surface area (Å²) in [5.74, 6) is 0. The standard InChI is InChI=1S/C14H11ClO/c1-10(8-14(15)16)12-7-6-11-4-2-3-5-13(11)9-12/h2-9H,1H3/b10-8-. The van der Waals surface area contributed by atoms with E-state index >= 15 is 0 Å². The molecule has 0 radical (unpaired) electrons. The summed E-state index contributed by atoms with van der Waals surface area (Å²) in [7, 11) is 0. The lowest BCUT2D eigenvalue weighted by atomic mass is 10.0. The number of rotatable bonds is 2. The predicted octanol–water partition coefficient (Wildman–Crippen LogP) is 4.01. The minimum atomic E-state index is -0.439. The largest absolute Gasteiger partial charge is 0.276 e. The summed E-state index contributed by atoms with van der Waals surface area (Å²) >= 11 is 5.33. The van der Waals surface area contributed by atoms with Crippen molar-refractivity contribution in [3.8, 4) is 0 Å². The lowest BCUT2D eigenvalue weighted by Crippen LogP contribution is -1.84. The molecule has 0 heterocycles. The van der Waals surface area contributed by atoms with Crippen molar-refractivity contribution in [2.75, 3.05) is 0 Å². The Morgan fingerprint density at radius 2 is 1.81 bits per heavy atom. The van der Waals surface area contributed by atoms with E-state index in [4.69, 9.17) is 11.6 Å². The molecule has 16 heavy (non-hydrogen) atoms. The third-order valence-corrected chi connectivity index (χ3v) is 2.64. The van der Waals surface area contributed by atoms with Crippen LogP contribution in [0.3, 0.4) is 0 Å². The summed E-state index contributed by atoms with van der Waals surface area (Å²) in [5, 5.41) is 1.91.